The normalized spacial score (nSPS) is 19.9. The molecule has 0 atom stereocenters. The van der Waals surface area contributed by atoms with Gasteiger partial charge in [-0.2, -0.15) is 10.0 Å². The Morgan fingerprint density at radius 1 is 1.58 bits per heavy atom. The molecule has 1 rings (SSSR count). The molecule has 1 amide bonds. The zero-order valence-electron chi connectivity index (χ0n) is 7.25. The maximum atomic E-state index is 11.1. The number of esters is 1. The monoisotopic (exact) mass is 171 g/mol. The number of nitrogens with zero attached hydrogens (tertiary/aromatic N) is 1. The lowest BCUT2D eigenvalue weighted by Crippen LogP contribution is -2.45. The van der Waals surface area contributed by atoms with Gasteiger partial charge in [0.2, 0.25) is 0 Å². The minimum atomic E-state index is -0.601. The molecule has 0 radical (unpaired) electrons. The van der Waals surface area contributed by atoms with Gasteiger partial charge < -0.3 is 4.74 Å². The lowest BCUT2D eigenvalue weighted by Gasteiger charge is -2.17. The van der Waals surface area contributed by atoms with E-state index >= 15 is 0 Å². The Morgan fingerprint density at radius 2 is 2.17 bits per heavy atom. The molecule has 0 unspecified atom stereocenters. The van der Waals surface area contributed by atoms with Gasteiger partial charge in [-0.3, -0.25) is 4.79 Å². The molecular formula is C7H11N2O3+. The van der Waals surface area contributed by atoms with Crippen LogP contribution in [0, 0.1) is 0 Å². The number of carbonyl (C=O) groups excluding carboxylic acids is 2. The standard InChI is InChI=1S/C7H10N2O3/c1-9(2)4-5(6(10)8-9)7(11)12-3/h4H,1-3H3/p+1. The second-order valence-corrected chi connectivity index (χ2v) is 3.02. The summed E-state index contributed by atoms with van der Waals surface area (Å²) in [7, 11) is 4.73. The molecule has 0 aromatic rings. The smallest absolute Gasteiger partial charge is 0.349 e. The van der Waals surface area contributed by atoms with Crippen molar-refractivity contribution in [3.05, 3.63) is 11.8 Å². The van der Waals surface area contributed by atoms with Gasteiger partial charge in [-0.15, -0.1) is 0 Å². The second-order valence-electron chi connectivity index (χ2n) is 3.02. The summed E-state index contributed by atoms with van der Waals surface area (Å²) < 4.78 is 4.59. The van der Waals surface area contributed by atoms with Crippen LogP contribution in [0.15, 0.2) is 11.8 Å². The van der Waals surface area contributed by atoms with Crippen molar-refractivity contribution in [1.82, 2.24) is 5.43 Å². The van der Waals surface area contributed by atoms with Crippen LogP contribution in [0.2, 0.25) is 0 Å². The summed E-state index contributed by atoms with van der Waals surface area (Å²) in [4.78, 5) is 22.0. The fourth-order valence-electron chi connectivity index (χ4n) is 0.991. The molecule has 0 spiro atoms. The summed E-state index contributed by atoms with van der Waals surface area (Å²) in [6, 6.07) is 0. The van der Waals surface area contributed by atoms with Crippen LogP contribution >= 0.6 is 0 Å². The Kier molecular flexibility index (Phi) is 1.89. The van der Waals surface area contributed by atoms with Crippen LogP contribution < -0.4 is 5.43 Å². The fourth-order valence-corrected chi connectivity index (χ4v) is 0.991. The van der Waals surface area contributed by atoms with E-state index in [4.69, 9.17) is 0 Å². The molecule has 0 aliphatic carbocycles. The summed E-state index contributed by atoms with van der Waals surface area (Å²) in [5.41, 5.74) is 2.62. The molecule has 1 aliphatic rings. The molecule has 0 saturated carbocycles. The number of ether oxygens (including phenoxy) is 1. The van der Waals surface area contributed by atoms with E-state index in [0.717, 1.165) is 0 Å². The van der Waals surface area contributed by atoms with Crippen molar-refractivity contribution < 1.29 is 18.9 Å². The molecule has 5 heteroatoms. The number of hydrogen-bond donors (Lipinski definition) is 1. The molecule has 1 heterocycles. The molecule has 1 N–H and O–H groups in total. The van der Waals surface area contributed by atoms with Crippen molar-refractivity contribution in [2.45, 2.75) is 0 Å². The van der Waals surface area contributed by atoms with Gasteiger partial charge in [0.05, 0.1) is 21.2 Å². The Bertz CT molecular complexity index is 268. The van der Waals surface area contributed by atoms with Crippen molar-refractivity contribution in [1.29, 1.82) is 0 Å². The number of carbonyl (C=O) groups is 2. The van der Waals surface area contributed by atoms with Crippen LogP contribution in [0.5, 0.6) is 0 Å². The van der Waals surface area contributed by atoms with E-state index in [1.165, 1.54) is 13.3 Å². The zero-order chi connectivity index (χ0) is 9.35. The number of quaternary nitrogens is 1. The average molecular weight is 171 g/mol. The second kappa shape index (κ2) is 2.60. The van der Waals surface area contributed by atoms with Crippen molar-refractivity contribution in [2.75, 3.05) is 21.2 Å². The number of rotatable bonds is 1. The molecule has 66 valence electrons. The van der Waals surface area contributed by atoms with E-state index in [1.807, 2.05) is 0 Å². The highest BCUT2D eigenvalue weighted by molar-refractivity contribution is 6.16. The third kappa shape index (κ3) is 1.45. The summed E-state index contributed by atoms with van der Waals surface area (Å²) in [5, 5.41) is 0. The Labute approximate surface area is 70.2 Å². The van der Waals surface area contributed by atoms with Crippen LogP contribution in [0.3, 0.4) is 0 Å². The third-order valence-corrected chi connectivity index (χ3v) is 1.49. The highest BCUT2D eigenvalue weighted by atomic mass is 16.5. The van der Waals surface area contributed by atoms with E-state index in [9.17, 15) is 9.59 Å². The molecule has 0 bridgehead atoms. The van der Waals surface area contributed by atoms with Crippen LogP contribution in [-0.2, 0) is 14.3 Å². The molecule has 0 aromatic carbocycles. The summed E-state index contributed by atoms with van der Waals surface area (Å²) in [5.74, 6) is -0.997. The largest absolute Gasteiger partial charge is 0.465 e. The quantitative estimate of drug-likeness (QED) is 0.318. The molecule has 0 fully saturated rings. The van der Waals surface area contributed by atoms with Crippen molar-refractivity contribution in [2.24, 2.45) is 0 Å². The van der Waals surface area contributed by atoms with E-state index in [1.54, 1.807) is 14.1 Å². The maximum absolute atomic E-state index is 11.1. The Hall–Kier alpha value is -1.36. The van der Waals surface area contributed by atoms with Crippen LogP contribution in [-0.4, -0.2) is 37.7 Å². The number of methoxy groups -OCH3 is 1. The molecule has 0 aromatic heterocycles. The lowest BCUT2D eigenvalue weighted by atomic mass is 10.3. The van der Waals surface area contributed by atoms with Gasteiger partial charge in [0, 0.05) is 0 Å². The Balaban J connectivity index is 2.91. The first-order chi connectivity index (χ1) is 5.46. The number of nitrogens with one attached hydrogen (secondary N) is 1. The number of amides is 1. The minimum absolute atomic E-state index is 0.0579. The molecular weight excluding hydrogens is 160 g/mol. The van der Waals surface area contributed by atoms with Gasteiger partial charge in [-0.1, -0.05) is 0 Å². The predicted molar refractivity (Wildman–Crippen MR) is 40.4 cm³/mol. The summed E-state index contributed by atoms with van der Waals surface area (Å²) >= 11 is 0. The van der Waals surface area contributed by atoms with Crippen molar-refractivity contribution >= 4 is 11.9 Å². The first kappa shape index (κ1) is 8.73. The molecule has 0 saturated heterocycles. The highest BCUT2D eigenvalue weighted by Crippen LogP contribution is 2.11. The highest BCUT2D eigenvalue weighted by Gasteiger charge is 2.35. The summed E-state index contributed by atoms with van der Waals surface area (Å²) in [6.07, 6.45) is 1.51. The van der Waals surface area contributed by atoms with Gasteiger partial charge >= 0.3 is 11.9 Å². The van der Waals surface area contributed by atoms with Crippen LogP contribution in [0.4, 0.5) is 0 Å². The van der Waals surface area contributed by atoms with E-state index in [2.05, 4.69) is 10.2 Å². The average Bonchev–Trinajstić information content (AvgIpc) is 2.23. The van der Waals surface area contributed by atoms with Crippen molar-refractivity contribution in [3.63, 3.8) is 0 Å². The van der Waals surface area contributed by atoms with Crippen molar-refractivity contribution in [3.8, 4) is 0 Å². The molecule has 12 heavy (non-hydrogen) atoms. The number of hydrogen-bond acceptors (Lipinski definition) is 3. The molecule has 5 nitrogen and oxygen atoms in total. The topological polar surface area (TPSA) is 55.4 Å². The first-order valence-corrected chi connectivity index (χ1v) is 3.44. The SMILES string of the molecule is COC(=O)C1=C[N+](C)(C)NC1=O. The zero-order valence-corrected chi connectivity index (χ0v) is 7.25. The van der Waals surface area contributed by atoms with Crippen LogP contribution in [0.1, 0.15) is 0 Å². The van der Waals surface area contributed by atoms with E-state index in [0.29, 0.717) is 0 Å². The fraction of sp³-hybridized carbons (Fsp3) is 0.429. The van der Waals surface area contributed by atoms with Gasteiger partial charge in [0.1, 0.15) is 6.20 Å². The van der Waals surface area contributed by atoms with Gasteiger partial charge in [0.25, 0.3) is 0 Å². The lowest BCUT2D eigenvalue weighted by molar-refractivity contribution is -0.871. The van der Waals surface area contributed by atoms with Gasteiger partial charge in [0.15, 0.2) is 5.57 Å². The van der Waals surface area contributed by atoms with E-state index in [-0.39, 0.29) is 10.2 Å². The third-order valence-electron chi connectivity index (χ3n) is 1.49. The van der Waals surface area contributed by atoms with Crippen LogP contribution in [0.25, 0.3) is 0 Å². The molecule has 1 aliphatic heterocycles. The predicted octanol–water partition coefficient (Wildman–Crippen LogP) is -0.835. The summed E-state index contributed by atoms with van der Waals surface area (Å²) in [6.45, 7) is 0. The van der Waals surface area contributed by atoms with E-state index < -0.39 is 11.9 Å². The van der Waals surface area contributed by atoms with Gasteiger partial charge in [-0.05, 0) is 0 Å². The van der Waals surface area contributed by atoms with Gasteiger partial charge in [-0.25, -0.2) is 4.79 Å². The maximum Gasteiger partial charge on any atom is 0.349 e. The Morgan fingerprint density at radius 3 is 2.50 bits per heavy atom. The minimum Gasteiger partial charge on any atom is -0.465 e. The first-order valence-electron chi connectivity index (χ1n) is 3.44.